The predicted octanol–water partition coefficient (Wildman–Crippen LogP) is 4.08. The zero-order valence-electron chi connectivity index (χ0n) is 18.2. The van der Waals surface area contributed by atoms with Crippen molar-refractivity contribution in [3.63, 3.8) is 0 Å². The molecule has 0 bridgehead atoms. The number of aryl methyl sites for hydroxylation is 1. The maximum Gasteiger partial charge on any atom is 0.203 e. The average molecular weight is 531 g/mol. The lowest BCUT2D eigenvalue weighted by molar-refractivity contribution is 0.324. The quantitative estimate of drug-likeness (QED) is 0.290. The summed E-state index contributed by atoms with van der Waals surface area (Å²) in [4.78, 5) is 4.64. The maximum absolute atomic E-state index is 13.2. The molecule has 0 aliphatic heterocycles. The van der Waals surface area contributed by atoms with Gasteiger partial charge in [-0.05, 0) is 61.2 Å². The van der Waals surface area contributed by atoms with Crippen molar-refractivity contribution in [3.8, 4) is 17.2 Å². The lowest BCUT2D eigenvalue weighted by Gasteiger charge is -2.14. The van der Waals surface area contributed by atoms with Crippen molar-refractivity contribution >= 4 is 29.9 Å². The molecule has 0 unspecified atom stereocenters. The Morgan fingerprint density at radius 3 is 2.20 bits per heavy atom. The molecule has 30 heavy (non-hydrogen) atoms. The summed E-state index contributed by atoms with van der Waals surface area (Å²) in [5, 5.41) is 6.55. The molecule has 2 N–H and O–H groups in total. The molecule has 8 heteroatoms. The lowest BCUT2D eigenvalue weighted by Crippen LogP contribution is -2.38. The molecule has 0 aliphatic carbocycles. The molecule has 0 aliphatic rings. The fourth-order valence-corrected chi connectivity index (χ4v) is 2.99. The minimum absolute atomic E-state index is 0. The number of nitrogens with one attached hydrogen (secondary N) is 2. The highest BCUT2D eigenvalue weighted by molar-refractivity contribution is 14.0. The number of rotatable bonds is 9. The molecular weight excluding hydrogens is 500 g/mol. The van der Waals surface area contributed by atoms with Gasteiger partial charge in [0.25, 0.3) is 0 Å². The van der Waals surface area contributed by atoms with Crippen LogP contribution in [0.3, 0.4) is 0 Å². The number of hydrogen-bond donors (Lipinski definition) is 2. The zero-order valence-corrected chi connectivity index (χ0v) is 20.5. The molecule has 0 radical (unpaired) electrons. The molecule has 0 saturated carbocycles. The summed E-state index contributed by atoms with van der Waals surface area (Å²) in [5.41, 5.74) is 3.00. The summed E-state index contributed by atoms with van der Waals surface area (Å²) in [6, 6.07) is 8.64. The summed E-state index contributed by atoms with van der Waals surface area (Å²) in [6.45, 7) is 5.81. The molecule has 6 nitrogen and oxygen atoms in total. The van der Waals surface area contributed by atoms with E-state index in [4.69, 9.17) is 14.2 Å². The number of aliphatic imine (C=N–C) groups is 1. The van der Waals surface area contributed by atoms with Gasteiger partial charge in [-0.25, -0.2) is 9.38 Å². The third-order valence-electron chi connectivity index (χ3n) is 4.48. The van der Waals surface area contributed by atoms with E-state index in [2.05, 4.69) is 15.6 Å². The zero-order chi connectivity index (χ0) is 21.2. The van der Waals surface area contributed by atoms with Crippen molar-refractivity contribution in [1.29, 1.82) is 0 Å². The molecule has 0 heterocycles. The van der Waals surface area contributed by atoms with Crippen LogP contribution in [-0.4, -0.2) is 40.4 Å². The Kier molecular flexibility index (Phi) is 11.3. The number of hydrogen-bond acceptors (Lipinski definition) is 4. The number of benzene rings is 2. The van der Waals surface area contributed by atoms with Crippen LogP contribution >= 0.6 is 24.0 Å². The van der Waals surface area contributed by atoms with Crippen LogP contribution in [0.25, 0.3) is 0 Å². The van der Waals surface area contributed by atoms with Gasteiger partial charge in [-0.2, -0.15) is 0 Å². The average Bonchev–Trinajstić information content (AvgIpc) is 2.72. The third kappa shape index (κ3) is 7.23. The Balaban J connectivity index is 0.00000450. The van der Waals surface area contributed by atoms with E-state index in [9.17, 15) is 4.39 Å². The maximum atomic E-state index is 13.2. The second-order valence-corrected chi connectivity index (χ2v) is 6.48. The standard InChI is InChI=1S/C22H30FN3O3.HI/c1-6-24-22(25-10-9-17-7-8-18(23)11-15(17)2)26-14-16-12-19(27-3)21(29-5)20(13-16)28-4;/h7-8,11-13H,6,9-10,14H2,1-5H3,(H2,24,25,26);1H. The van der Waals surface area contributed by atoms with Crippen molar-refractivity contribution in [2.45, 2.75) is 26.8 Å². The molecule has 2 aromatic rings. The van der Waals surface area contributed by atoms with Crippen LogP contribution in [0.1, 0.15) is 23.6 Å². The molecule has 0 aromatic heterocycles. The Morgan fingerprint density at radius 2 is 1.67 bits per heavy atom. The first-order valence-electron chi connectivity index (χ1n) is 9.58. The van der Waals surface area contributed by atoms with Gasteiger partial charge < -0.3 is 24.8 Å². The van der Waals surface area contributed by atoms with Gasteiger partial charge in [0.05, 0.1) is 27.9 Å². The van der Waals surface area contributed by atoms with Crippen LogP contribution < -0.4 is 24.8 Å². The van der Waals surface area contributed by atoms with Crippen molar-refractivity contribution < 1.29 is 18.6 Å². The van der Waals surface area contributed by atoms with E-state index in [0.717, 1.165) is 29.7 Å². The number of methoxy groups -OCH3 is 3. The molecule has 0 amide bonds. The monoisotopic (exact) mass is 531 g/mol. The first-order chi connectivity index (χ1) is 14.0. The van der Waals surface area contributed by atoms with Crippen LogP contribution in [0.5, 0.6) is 17.2 Å². The largest absolute Gasteiger partial charge is 0.493 e. The first-order valence-corrected chi connectivity index (χ1v) is 9.58. The van der Waals surface area contributed by atoms with Crippen LogP contribution in [0.15, 0.2) is 35.3 Å². The summed E-state index contributed by atoms with van der Waals surface area (Å²) >= 11 is 0. The smallest absolute Gasteiger partial charge is 0.203 e. The number of nitrogens with zero attached hydrogens (tertiary/aromatic N) is 1. The molecule has 0 fully saturated rings. The normalized spacial score (nSPS) is 10.8. The molecule has 0 atom stereocenters. The van der Waals surface area contributed by atoms with Gasteiger partial charge in [-0.3, -0.25) is 0 Å². The number of ether oxygens (including phenoxy) is 3. The summed E-state index contributed by atoms with van der Waals surface area (Å²) < 4.78 is 29.4. The second-order valence-electron chi connectivity index (χ2n) is 6.48. The SMILES string of the molecule is CCNC(=NCc1cc(OC)c(OC)c(OC)c1)NCCc1ccc(F)cc1C.I. The van der Waals surface area contributed by atoms with E-state index < -0.39 is 0 Å². The molecular formula is C22H31FIN3O3. The minimum atomic E-state index is -0.209. The molecule has 0 spiro atoms. The van der Waals surface area contributed by atoms with Gasteiger partial charge >= 0.3 is 0 Å². The van der Waals surface area contributed by atoms with Crippen molar-refractivity contribution in [2.24, 2.45) is 4.99 Å². The molecule has 166 valence electrons. The van der Waals surface area contributed by atoms with Crippen LogP contribution in [-0.2, 0) is 13.0 Å². The highest BCUT2D eigenvalue weighted by atomic mass is 127. The van der Waals surface area contributed by atoms with Gasteiger partial charge in [-0.1, -0.05) is 6.07 Å². The van der Waals surface area contributed by atoms with E-state index in [0.29, 0.717) is 36.3 Å². The van der Waals surface area contributed by atoms with E-state index in [1.807, 2.05) is 32.0 Å². The molecule has 2 rings (SSSR count). The van der Waals surface area contributed by atoms with Gasteiger partial charge in [-0.15, -0.1) is 24.0 Å². The van der Waals surface area contributed by atoms with Crippen molar-refractivity contribution in [2.75, 3.05) is 34.4 Å². The highest BCUT2D eigenvalue weighted by Gasteiger charge is 2.13. The van der Waals surface area contributed by atoms with Gasteiger partial charge in [0, 0.05) is 13.1 Å². The van der Waals surface area contributed by atoms with E-state index in [1.165, 1.54) is 6.07 Å². The number of guanidine groups is 1. The Labute approximate surface area is 195 Å². The van der Waals surface area contributed by atoms with Crippen molar-refractivity contribution in [3.05, 3.63) is 52.8 Å². The minimum Gasteiger partial charge on any atom is -0.493 e. The Morgan fingerprint density at radius 1 is 1.00 bits per heavy atom. The van der Waals surface area contributed by atoms with Crippen LogP contribution in [0, 0.1) is 12.7 Å². The molecule has 2 aromatic carbocycles. The van der Waals surface area contributed by atoms with E-state index in [1.54, 1.807) is 27.4 Å². The lowest BCUT2D eigenvalue weighted by atomic mass is 10.1. The van der Waals surface area contributed by atoms with E-state index >= 15 is 0 Å². The van der Waals surface area contributed by atoms with E-state index in [-0.39, 0.29) is 29.8 Å². The Hall–Kier alpha value is -2.23. The topological polar surface area (TPSA) is 64.1 Å². The van der Waals surface area contributed by atoms with Gasteiger partial charge in [0.1, 0.15) is 5.82 Å². The van der Waals surface area contributed by atoms with Gasteiger partial charge in [0.2, 0.25) is 5.75 Å². The second kappa shape index (κ2) is 13.1. The Bertz CT molecular complexity index is 821. The fraction of sp³-hybridized carbons (Fsp3) is 0.409. The third-order valence-corrected chi connectivity index (χ3v) is 4.48. The highest BCUT2D eigenvalue weighted by Crippen LogP contribution is 2.38. The van der Waals surface area contributed by atoms with Gasteiger partial charge in [0.15, 0.2) is 17.5 Å². The summed E-state index contributed by atoms with van der Waals surface area (Å²) in [5.74, 6) is 2.26. The van der Waals surface area contributed by atoms with Crippen LogP contribution in [0.2, 0.25) is 0 Å². The summed E-state index contributed by atoms with van der Waals surface area (Å²) in [6.07, 6.45) is 0.778. The first kappa shape index (κ1) is 25.8. The van der Waals surface area contributed by atoms with Crippen molar-refractivity contribution in [1.82, 2.24) is 10.6 Å². The number of halogens is 2. The summed E-state index contributed by atoms with van der Waals surface area (Å²) in [7, 11) is 4.76. The fourth-order valence-electron chi connectivity index (χ4n) is 2.99. The molecule has 0 saturated heterocycles. The van der Waals surface area contributed by atoms with Crippen LogP contribution in [0.4, 0.5) is 4.39 Å². The predicted molar refractivity (Wildman–Crippen MR) is 129 cm³/mol.